The number of rotatable bonds is 19. The zero-order chi connectivity index (χ0) is 66.8. The minimum atomic E-state index is -5.67. The molecule has 12 atom stereocenters. The van der Waals surface area contributed by atoms with Crippen LogP contribution >= 0.6 is 0 Å². The van der Waals surface area contributed by atoms with Gasteiger partial charge in [-0.25, -0.2) is 31.2 Å². The summed E-state index contributed by atoms with van der Waals surface area (Å²) in [6.07, 6.45) is 1.55. The Hall–Kier alpha value is -4.75. The average molecular weight is 1280 g/mol. The molecule has 5 aliphatic rings. The van der Waals surface area contributed by atoms with E-state index in [1.165, 1.54) is 16.9 Å². The van der Waals surface area contributed by atoms with Crippen LogP contribution in [0.2, 0.25) is 0 Å². The molecule has 31 heteroatoms. The van der Waals surface area contributed by atoms with Gasteiger partial charge in [0.1, 0.15) is 24.2 Å². The monoisotopic (exact) mass is 1280 g/mol. The number of primary amides is 1. The minimum absolute atomic E-state index is 0.0193. The molecular formula is C55H94F6N10O13S2. The third kappa shape index (κ3) is 16.2. The number of fused-ring (bicyclic) bond motifs is 2. The van der Waals surface area contributed by atoms with Crippen molar-refractivity contribution in [1.82, 2.24) is 45.0 Å². The van der Waals surface area contributed by atoms with Crippen molar-refractivity contribution in [3.8, 4) is 0 Å². The number of carbonyl (C=O) groups excluding carboxylic acids is 7. The Balaban J connectivity index is 0.000000379. The maximum Gasteiger partial charge on any atom is 0.511 e. The number of alkyl halides is 6. The molecule has 5 fully saturated rings. The van der Waals surface area contributed by atoms with Gasteiger partial charge in [-0.2, -0.15) is 35.0 Å². The van der Waals surface area contributed by atoms with E-state index in [0.717, 1.165) is 33.4 Å². The van der Waals surface area contributed by atoms with Gasteiger partial charge in [-0.1, -0.05) is 130 Å². The Morgan fingerprint density at radius 2 is 0.953 bits per heavy atom. The Labute approximate surface area is 502 Å². The summed E-state index contributed by atoms with van der Waals surface area (Å²) >= 11 is 0. The molecule has 0 aromatic heterocycles. The van der Waals surface area contributed by atoms with Crippen LogP contribution in [-0.4, -0.2) is 189 Å². The quantitative estimate of drug-likeness (QED) is 0.0695. The number of nitrogens with two attached hydrogens (primary N) is 1. The van der Waals surface area contributed by atoms with Crippen molar-refractivity contribution in [3.05, 3.63) is 0 Å². The van der Waals surface area contributed by atoms with Crippen molar-refractivity contribution in [2.75, 3.05) is 47.4 Å². The minimum Gasteiger partial charge on any atom is -0.467 e. The number of halogens is 6. The van der Waals surface area contributed by atoms with Crippen LogP contribution in [0.3, 0.4) is 0 Å². The van der Waals surface area contributed by atoms with E-state index >= 15 is 0 Å². The Kier molecular flexibility index (Phi) is 21.7. The molecule has 496 valence electrons. The van der Waals surface area contributed by atoms with Crippen molar-refractivity contribution in [1.29, 1.82) is 0 Å². The molecule has 3 saturated carbocycles. The van der Waals surface area contributed by atoms with Crippen molar-refractivity contribution in [3.63, 3.8) is 0 Å². The maximum atomic E-state index is 14.3. The lowest BCUT2D eigenvalue weighted by molar-refractivity contribution is -0.154. The number of urea groups is 2. The molecule has 8 N–H and O–H groups in total. The Bertz CT molecular complexity index is 2770. The van der Waals surface area contributed by atoms with Crippen molar-refractivity contribution in [2.45, 2.75) is 196 Å². The number of ether oxygens (including phenoxy) is 1. The molecule has 2 unspecified atom stereocenters. The zero-order valence-corrected chi connectivity index (χ0v) is 54.6. The first-order valence-electron chi connectivity index (χ1n) is 28.7. The predicted octanol–water partition coefficient (Wildman–Crippen LogP) is 4.45. The molecule has 86 heavy (non-hydrogen) atoms. The van der Waals surface area contributed by atoms with Gasteiger partial charge in [-0.3, -0.25) is 19.2 Å². The second-order valence-corrected chi connectivity index (χ2v) is 33.5. The van der Waals surface area contributed by atoms with Crippen LogP contribution in [0.25, 0.3) is 0 Å². The number of piperidine rings is 2. The number of hydrogen-bond donors (Lipinski definition) is 7. The summed E-state index contributed by atoms with van der Waals surface area (Å²) in [4.78, 5) is 95.7. The van der Waals surface area contributed by atoms with Crippen LogP contribution in [0.5, 0.6) is 0 Å². The molecule has 0 bridgehead atoms. The van der Waals surface area contributed by atoms with Gasteiger partial charge in [0, 0.05) is 58.3 Å². The summed E-state index contributed by atoms with van der Waals surface area (Å²) in [6, 6.07) is -8.87. The molecule has 5 rings (SSSR count). The van der Waals surface area contributed by atoms with E-state index in [0.29, 0.717) is 13.0 Å². The summed E-state index contributed by atoms with van der Waals surface area (Å²) in [5.41, 5.74) is -9.47. The SMILES string of the molecule is CN(C[C@@H](NC(=O)N[C@H](C(=O)N1C[C@H]2[C@@H]([C@H]1C(=O)NC(CC1CCC1)C(O)C(N)=O)C2(C)C)C(C)(C)C)C(C)(C)C)S(=O)(=O)C(F)(F)F.COC(=O)[C@@H]1[C@@H]2[C@H](CN1C(=O)[C@@H](NC(=O)N[C@H](CN(C)S(=O)(=O)C(F)(F)F)C(C)(C)C)C(C)(C)C)C2(C)C. The molecule has 0 radical (unpaired) electrons. The molecule has 0 aromatic rings. The molecule has 2 heterocycles. The van der Waals surface area contributed by atoms with Gasteiger partial charge in [0.15, 0.2) is 6.10 Å². The highest BCUT2D eigenvalue weighted by atomic mass is 32.2. The summed E-state index contributed by atoms with van der Waals surface area (Å²) in [5.74, 6) is -3.05. The number of methoxy groups -OCH3 is 1. The summed E-state index contributed by atoms with van der Waals surface area (Å²) < 4.78 is 131. The molecule has 23 nitrogen and oxygen atoms in total. The van der Waals surface area contributed by atoms with Crippen molar-refractivity contribution >= 4 is 61.7 Å². The van der Waals surface area contributed by atoms with E-state index in [4.69, 9.17) is 10.5 Å². The van der Waals surface area contributed by atoms with Crippen LogP contribution in [0, 0.1) is 62.1 Å². The average Bonchev–Trinajstić information content (AvgIpc) is 1.55. The fourth-order valence-corrected chi connectivity index (χ4v) is 13.4. The van der Waals surface area contributed by atoms with Gasteiger partial charge in [-0.15, -0.1) is 0 Å². The first kappa shape index (κ1) is 73.7. The third-order valence-electron chi connectivity index (χ3n) is 18.3. The topological polar surface area (TPSA) is 316 Å². The predicted molar refractivity (Wildman–Crippen MR) is 305 cm³/mol. The second-order valence-electron chi connectivity index (χ2n) is 29.4. The highest BCUT2D eigenvalue weighted by Crippen LogP contribution is 2.66. The Morgan fingerprint density at radius 1 is 0.605 bits per heavy atom. The van der Waals surface area contributed by atoms with Crippen LogP contribution in [-0.2, 0) is 48.8 Å². The lowest BCUT2D eigenvalue weighted by Gasteiger charge is -2.39. The van der Waals surface area contributed by atoms with Crippen LogP contribution in [0.4, 0.5) is 35.9 Å². The third-order valence-corrected chi connectivity index (χ3v) is 21.4. The van der Waals surface area contributed by atoms with Crippen LogP contribution < -0.4 is 32.3 Å². The number of esters is 1. The lowest BCUT2D eigenvalue weighted by Crippen LogP contribution is -2.63. The van der Waals surface area contributed by atoms with Gasteiger partial charge in [-0.05, 0) is 62.6 Å². The number of nitrogens with zero attached hydrogens (tertiary/aromatic N) is 4. The molecule has 8 amide bonds. The fourth-order valence-electron chi connectivity index (χ4n) is 12.0. The number of amides is 8. The van der Waals surface area contributed by atoms with Crippen molar-refractivity contribution < 1.29 is 86.6 Å². The number of aliphatic hydroxyl groups excluding tert-OH is 1. The fraction of sp³-hybridized carbons (Fsp3) is 0.873. The first-order chi connectivity index (χ1) is 38.5. The zero-order valence-electron chi connectivity index (χ0n) is 53.0. The van der Waals surface area contributed by atoms with Gasteiger partial charge in [0.2, 0.25) is 23.6 Å². The first-order valence-corrected chi connectivity index (χ1v) is 31.5. The van der Waals surface area contributed by atoms with E-state index in [9.17, 15) is 81.8 Å². The molecule has 0 spiro atoms. The molecular weight excluding hydrogens is 1190 g/mol. The second kappa shape index (κ2) is 25.3. The number of likely N-dealkylation sites (N-methyl/N-ethyl adjacent to an activating group) is 2. The summed E-state index contributed by atoms with van der Waals surface area (Å²) in [6.45, 7) is 27.3. The Morgan fingerprint density at radius 3 is 1.24 bits per heavy atom. The maximum absolute atomic E-state index is 14.3. The number of sulfonamides is 2. The van der Waals surface area contributed by atoms with Crippen LogP contribution in [0.15, 0.2) is 0 Å². The number of likely N-dealkylation sites (tertiary alicyclic amines) is 2. The van der Waals surface area contributed by atoms with E-state index in [1.807, 2.05) is 27.7 Å². The largest absolute Gasteiger partial charge is 0.511 e. The normalized spacial score (nSPS) is 25.1. The van der Waals surface area contributed by atoms with Gasteiger partial charge >= 0.3 is 49.1 Å². The van der Waals surface area contributed by atoms with E-state index in [1.54, 1.807) is 83.1 Å². The number of carbonyl (C=O) groups is 7. The van der Waals surface area contributed by atoms with Crippen LogP contribution in [0.1, 0.15) is 136 Å². The standard InChI is InChI=1S/C31H53F3N6O7S.C24H41F3N4O6S/c1-28(2,3)19(15-39(9)48(46,47)31(32,33)34)37-27(45)38-23(29(4,5)6)26(44)40-14-17-20(30(17,7)8)21(40)25(43)36-18(22(41)24(35)42)13-16-11-10-12-16;1-21(2,3)14(12-30(9)38(35,36)24(25,26)27)28-20(34)29-17(22(4,5)6)18(32)31-11-13-15(23(13,7)8)16(31)19(33)37-10/h16-23,41H,10-15H2,1-9H3,(H2,35,42)(H,36,43)(H2,37,38,45);13-17H,11-12H2,1-10H3,(H2,28,29,34)/t17-,18?,19+,20-,21-,22?,23+;13-,14+,15-,16-,17+/m00/s1. The molecule has 2 aliphatic heterocycles. The van der Waals surface area contributed by atoms with Gasteiger partial charge < -0.3 is 52.0 Å². The molecule has 0 aromatic carbocycles. The number of hydrogen-bond acceptors (Lipinski definition) is 13. The van der Waals surface area contributed by atoms with E-state index < -0.39 is 156 Å². The molecule has 3 aliphatic carbocycles. The van der Waals surface area contributed by atoms with Gasteiger partial charge in [0.05, 0.1) is 13.2 Å². The highest BCUT2D eigenvalue weighted by Gasteiger charge is 2.71. The number of aliphatic hydroxyl groups is 1. The lowest BCUT2D eigenvalue weighted by atomic mass is 9.79. The number of nitrogens with one attached hydrogen (secondary N) is 5. The summed E-state index contributed by atoms with van der Waals surface area (Å²) in [5, 5.41) is 23.7. The summed E-state index contributed by atoms with van der Waals surface area (Å²) in [7, 11) is -8.46. The van der Waals surface area contributed by atoms with E-state index in [2.05, 4.69) is 26.6 Å². The van der Waals surface area contributed by atoms with Crippen molar-refractivity contribution in [2.24, 2.45) is 67.8 Å². The van der Waals surface area contributed by atoms with Gasteiger partial charge in [0.25, 0.3) is 0 Å². The highest BCUT2D eigenvalue weighted by molar-refractivity contribution is 7.90. The molecule has 2 saturated heterocycles. The van der Waals surface area contributed by atoms with E-state index in [-0.39, 0.29) is 55.6 Å². The smallest absolute Gasteiger partial charge is 0.467 e.